The number of benzene rings is 2. The van der Waals surface area contributed by atoms with Crippen LogP contribution in [0.4, 0.5) is 10.1 Å². The number of aryl methyl sites for hydroxylation is 1. The van der Waals surface area contributed by atoms with E-state index in [0.717, 1.165) is 0 Å². The lowest BCUT2D eigenvalue weighted by Crippen LogP contribution is -2.30. The Morgan fingerprint density at radius 3 is 2.41 bits per heavy atom. The lowest BCUT2D eigenvalue weighted by Gasteiger charge is -2.20. The number of likely N-dealkylation sites (N-methyl/N-ethyl adjacent to an activating group) is 1. The molecule has 0 unspecified atom stereocenters. The molecule has 7 nitrogen and oxygen atoms in total. The van der Waals surface area contributed by atoms with Crippen molar-refractivity contribution in [3.05, 3.63) is 52.8 Å². The first kappa shape index (κ1) is 22.2. The number of carbonyl (C=O) groups excluding carboxylic acids is 2. The van der Waals surface area contributed by atoms with Crippen LogP contribution in [0.1, 0.15) is 26.3 Å². The molecular formula is C21H25FN2O5. The van der Waals surface area contributed by atoms with Crippen LogP contribution >= 0.6 is 0 Å². The van der Waals surface area contributed by atoms with Gasteiger partial charge in [0.15, 0.2) is 11.5 Å². The molecule has 0 aliphatic carbocycles. The van der Waals surface area contributed by atoms with Gasteiger partial charge in [0.05, 0.1) is 26.5 Å². The Labute approximate surface area is 169 Å². The quantitative estimate of drug-likeness (QED) is 0.732. The Bertz CT molecular complexity index is 901. The van der Waals surface area contributed by atoms with Crippen molar-refractivity contribution in [1.29, 1.82) is 0 Å². The number of halogens is 1. The van der Waals surface area contributed by atoms with E-state index in [0.29, 0.717) is 35.6 Å². The summed E-state index contributed by atoms with van der Waals surface area (Å²) in [4.78, 5) is 27.0. The number of carbonyl (C=O) groups is 2. The van der Waals surface area contributed by atoms with Crippen LogP contribution in [-0.4, -0.2) is 58.2 Å². The van der Waals surface area contributed by atoms with Gasteiger partial charge in [-0.05, 0) is 42.8 Å². The monoisotopic (exact) mass is 404 g/mol. The normalized spacial score (nSPS) is 10.4. The molecule has 0 radical (unpaired) electrons. The van der Waals surface area contributed by atoms with Crippen LogP contribution in [0, 0.1) is 12.7 Å². The van der Waals surface area contributed by atoms with Crippen molar-refractivity contribution in [2.45, 2.75) is 6.92 Å². The molecule has 2 aromatic rings. The maximum absolute atomic E-state index is 13.3. The third kappa shape index (κ3) is 5.23. The molecule has 8 heteroatoms. The van der Waals surface area contributed by atoms with Crippen molar-refractivity contribution >= 4 is 17.5 Å². The number of hydrogen-bond acceptors (Lipinski definition) is 5. The second-order valence-electron chi connectivity index (χ2n) is 6.39. The van der Waals surface area contributed by atoms with Crippen LogP contribution in [0.25, 0.3) is 0 Å². The minimum absolute atomic E-state index is 0.267. The van der Waals surface area contributed by atoms with E-state index in [1.165, 1.54) is 43.4 Å². The molecule has 0 atom stereocenters. The van der Waals surface area contributed by atoms with Crippen molar-refractivity contribution < 1.29 is 28.2 Å². The summed E-state index contributed by atoms with van der Waals surface area (Å²) in [6, 6.07) is 6.95. The van der Waals surface area contributed by atoms with E-state index in [1.54, 1.807) is 27.1 Å². The molecule has 0 saturated heterocycles. The molecule has 0 aromatic heterocycles. The maximum atomic E-state index is 13.3. The van der Waals surface area contributed by atoms with E-state index < -0.39 is 11.7 Å². The molecule has 0 heterocycles. The lowest BCUT2D eigenvalue weighted by atomic mass is 10.1. The first-order valence-electron chi connectivity index (χ1n) is 8.90. The van der Waals surface area contributed by atoms with E-state index in [9.17, 15) is 14.0 Å². The number of anilines is 1. The topological polar surface area (TPSA) is 77.1 Å². The zero-order valence-electron chi connectivity index (χ0n) is 17.2. The summed E-state index contributed by atoms with van der Waals surface area (Å²) in [6.07, 6.45) is 0. The van der Waals surface area contributed by atoms with E-state index in [1.807, 2.05) is 0 Å². The minimum Gasteiger partial charge on any atom is -0.493 e. The highest BCUT2D eigenvalue weighted by molar-refractivity contribution is 6.07. The molecule has 156 valence electrons. The van der Waals surface area contributed by atoms with Crippen molar-refractivity contribution in [2.75, 3.05) is 46.8 Å². The molecule has 1 N–H and O–H groups in total. The Kier molecular flexibility index (Phi) is 7.55. The number of rotatable bonds is 8. The molecule has 2 aromatic carbocycles. The van der Waals surface area contributed by atoms with E-state index in [2.05, 4.69) is 5.32 Å². The van der Waals surface area contributed by atoms with Gasteiger partial charge in [0.1, 0.15) is 5.82 Å². The summed E-state index contributed by atoms with van der Waals surface area (Å²) in [5.74, 6) is -0.581. The molecule has 0 fully saturated rings. The van der Waals surface area contributed by atoms with Gasteiger partial charge in [-0.1, -0.05) is 0 Å². The van der Waals surface area contributed by atoms with Crippen molar-refractivity contribution in [2.24, 2.45) is 0 Å². The summed E-state index contributed by atoms with van der Waals surface area (Å²) in [5.41, 5.74) is 1.37. The molecule has 0 bridgehead atoms. The molecule has 0 spiro atoms. The second-order valence-corrected chi connectivity index (χ2v) is 6.39. The SMILES string of the molecule is COCCN(C)C(=O)c1cc(NC(=O)c2ccc(F)cc2C)c(OC)c(OC)c1. The average Bonchev–Trinajstić information content (AvgIpc) is 2.70. The maximum Gasteiger partial charge on any atom is 0.256 e. The Hall–Kier alpha value is -3.13. The number of nitrogens with zero attached hydrogens (tertiary/aromatic N) is 1. The summed E-state index contributed by atoms with van der Waals surface area (Å²) < 4.78 is 29.0. The van der Waals surface area contributed by atoms with Gasteiger partial charge >= 0.3 is 0 Å². The van der Waals surface area contributed by atoms with E-state index in [-0.39, 0.29) is 17.3 Å². The van der Waals surface area contributed by atoms with Gasteiger partial charge in [0, 0.05) is 31.8 Å². The molecule has 2 amide bonds. The Morgan fingerprint density at radius 2 is 1.83 bits per heavy atom. The van der Waals surface area contributed by atoms with Crippen LogP contribution < -0.4 is 14.8 Å². The van der Waals surface area contributed by atoms with Crippen molar-refractivity contribution in [1.82, 2.24) is 4.90 Å². The summed E-state index contributed by atoms with van der Waals surface area (Å²) in [5, 5.41) is 2.73. The first-order valence-corrected chi connectivity index (χ1v) is 8.90. The smallest absolute Gasteiger partial charge is 0.256 e. The van der Waals surface area contributed by atoms with Gasteiger partial charge in [-0.25, -0.2) is 4.39 Å². The standard InChI is InChI=1S/C21H25FN2O5/c1-13-10-15(22)6-7-16(13)20(25)23-17-11-14(12-18(28-4)19(17)29-5)21(26)24(2)8-9-27-3/h6-7,10-12H,8-9H2,1-5H3,(H,23,25). The average molecular weight is 404 g/mol. The Balaban J connectivity index is 2.41. The highest BCUT2D eigenvalue weighted by atomic mass is 19.1. The largest absolute Gasteiger partial charge is 0.493 e. The van der Waals surface area contributed by atoms with Gasteiger partial charge in [-0.2, -0.15) is 0 Å². The molecule has 0 saturated carbocycles. The number of hydrogen-bond donors (Lipinski definition) is 1. The number of methoxy groups -OCH3 is 3. The predicted molar refractivity (Wildman–Crippen MR) is 107 cm³/mol. The zero-order chi connectivity index (χ0) is 21.6. The molecule has 0 aliphatic heterocycles. The molecular weight excluding hydrogens is 379 g/mol. The summed E-state index contributed by atoms with van der Waals surface area (Å²) >= 11 is 0. The van der Waals surface area contributed by atoms with E-state index in [4.69, 9.17) is 14.2 Å². The van der Waals surface area contributed by atoms with Gasteiger partial charge in [-0.15, -0.1) is 0 Å². The molecule has 2 rings (SSSR count). The van der Waals surface area contributed by atoms with Crippen LogP contribution in [0.5, 0.6) is 11.5 Å². The fraction of sp³-hybridized carbons (Fsp3) is 0.333. The first-order chi connectivity index (χ1) is 13.8. The molecule has 0 aliphatic rings. The highest BCUT2D eigenvalue weighted by Gasteiger charge is 2.21. The minimum atomic E-state index is -0.458. The van der Waals surface area contributed by atoms with Gasteiger partial charge in [0.25, 0.3) is 11.8 Å². The fourth-order valence-corrected chi connectivity index (χ4v) is 2.80. The summed E-state index contributed by atoms with van der Waals surface area (Å²) in [7, 11) is 6.08. The van der Waals surface area contributed by atoms with Gasteiger partial charge in [0.2, 0.25) is 0 Å². The second kappa shape index (κ2) is 9.88. The number of amides is 2. The third-order valence-corrected chi connectivity index (χ3v) is 4.38. The van der Waals surface area contributed by atoms with Crippen LogP contribution in [-0.2, 0) is 4.74 Å². The fourth-order valence-electron chi connectivity index (χ4n) is 2.80. The van der Waals surface area contributed by atoms with Crippen molar-refractivity contribution in [3.8, 4) is 11.5 Å². The molecule has 29 heavy (non-hydrogen) atoms. The number of nitrogens with one attached hydrogen (secondary N) is 1. The number of ether oxygens (including phenoxy) is 3. The van der Waals surface area contributed by atoms with Crippen LogP contribution in [0.15, 0.2) is 30.3 Å². The van der Waals surface area contributed by atoms with E-state index >= 15 is 0 Å². The lowest BCUT2D eigenvalue weighted by molar-refractivity contribution is 0.0743. The third-order valence-electron chi connectivity index (χ3n) is 4.38. The van der Waals surface area contributed by atoms with Crippen LogP contribution in [0.2, 0.25) is 0 Å². The van der Waals surface area contributed by atoms with Crippen molar-refractivity contribution in [3.63, 3.8) is 0 Å². The summed E-state index contributed by atoms with van der Waals surface area (Å²) in [6.45, 7) is 2.43. The highest BCUT2D eigenvalue weighted by Crippen LogP contribution is 2.37. The van der Waals surface area contributed by atoms with Gasteiger partial charge in [-0.3, -0.25) is 9.59 Å². The predicted octanol–water partition coefficient (Wildman–Crippen LogP) is 3.12. The van der Waals surface area contributed by atoms with Crippen LogP contribution in [0.3, 0.4) is 0 Å². The Morgan fingerprint density at radius 1 is 1.10 bits per heavy atom. The van der Waals surface area contributed by atoms with Gasteiger partial charge < -0.3 is 24.4 Å². The zero-order valence-corrected chi connectivity index (χ0v) is 17.2.